The second kappa shape index (κ2) is 5.68. The third-order valence-electron chi connectivity index (χ3n) is 3.36. The summed E-state index contributed by atoms with van der Waals surface area (Å²) in [5.74, 6) is 1.69. The van der Waals surface area contributed by atoms with Gasteiger partial charge in [-0.1, -0.05) is 50.6 Å². The van der Waals surface area contributed by atoms with Gasteiger partial charge < -0.3 is 10.5 Å². The Kier molecular flexibility index (Phi) is 4.15. The second-order valence-corrected chi connectivity index (χ2v) is 6.20. The molecule has 2 heteroatoms. The van der Waals surface area contributed by atoms with Crippen LogP contribution in [0.1, 0.15) is 37.5 Å². The molecule has 0 aliphatic carbocycles. The van der Waals surface area contributed by atoms with Gasteiger partial charge in [0.1, 0.15) is 11.5 Å². The van der Waals surface area contributed by atoms with Crippen LogP contribution < -0.4 is 10.5 Å². The minimum absolute atomic E-state index is 0.114. The van der Waals surface area contributed by atoms with Crippen molar-refractivity contribution in [2.75, 3.05) is 0 Å². The average molecular weight is 269 g/mol. The molecule has 0 spiro atoms. The quantitative estimate of drug-likeness (QED) is 0.887. The first-order valence-corrected chi connectivity index (χ1v) is 6.98. The number of ether oxygens (including phenoxy) is 1. The molecule has 2 rings (SSSR count). The van der Waals surface area contributed by atoms with Crippen molar-refractivity contribution in [1.82, 2.24) is 0 Å². The van der Waals surface area contributed by atoms with Gasteiger partial charge in [0.25, 0.3) is 0 Å². The van der Waals surface area contributed by atoms with Crippen LogP contribution in [0.4, 0.5) is 0 Å². The average Bonchev–Trinajstić information content (AvgIpc) is 2.40. The van der Waals surface area contributed by atoms with Crippen LogP contribution in [0.2, 0.25) is 0 Å². The molecule has 0 aliphatic rings. The third-order valence-corrected chi connectivity index (χ3v) is 3.36. The highest BCUT2D eigenvalue weighted by Crippen LogP contribution is 2.30. The van der Waals surface area contributed by atoms with Crippen molar-refractivity contribution < 1.29 is 4.74 Å². The Hall–Kier alpha value is -1.80. The zero-order chi connectivity index (χ0) is 14.8. The van der Waals surface area contributed by atoms with Crippen molar-refractivity contribution in [3.8, 4) is 11.5 Å². The topological polar surface area (TPSA) is 35.2 Å². The van der Waals surface area contributed by atoms with E-state index in [4.69, 9.17) is 10.5 Å². The van der Waals surface area contributed by atoms with Crippen molar-refractivity contribution >= 4 is 0 Å². The van der Waals surface area contributed by atoms with Gasteiger partial charge in [-0.15, -0.1) is 0 Å². The highest BCUT2D eigenvalue weighted by Gasteiger charge is 2.14. The lowest BCUT2D eigenvalue weighted by Crippen LogP contribution is -2.10. The van der Waals surface area contributed by atoms with Gasteiger partial charge in [0, 0.05) is 12.1 Å². The first-order chi connectivity index (χ1) is 9.40. The number of nitrogens with two attached hydrogens (primary N) is 1. The smallest absolute Gasteiger partial charge is 0.131 e. The molecule has 0 heterocycles. The van der Waals surface area contributed by atoms with Gasteiger partial charge >= 0.3 is 0 Å². The molecule has 20 heavy (non-hydrogen) atoms. The van der Waals surface area contributed by atoms with Crippen LogP contribution in [-0.2, 0) is 12.0 Å². The van der Waals surface area contributed by atoms with Gasteiger partial charge in [-0.3, -0.25) is 0 Å². The van der Waals surface area contributed by atoms with E-state index in [1.165, 1.54) is 11.1 Å². The second-order valence-electron chi connectivity index (χ2n) is 6.20. The predicted molar refractivity (Wildman–Crippen MR) is 84.3 cm³/mol. The van der Waals surface area contributed by atoms with E-state index in [0.29, 0.717) is 6.54 Å². The van der Waals surface area contributed by atoms with Crippen LogP contribution in [-0.4, -0.2) is 0 Å². The lowest BCUT2D eigenvalue weighted by Gasteiger charge is -2.20. The van der Waals surface area contributed by atoms with Gasteiger partial charge in [0.2, 0.25) is 0 Å². The molecular formula is C18H23NO. The Balaban J connectivity index is 2.31. The van der Waals surface area contributed by atoms with Crippen LogP contribution >= 0.6 is 0 Å². The Labute approximate surface area is 121 Å². The molecule has 0 aromatic heterocycles. The van der Waals surface area contributed by atoms with Gasteiger partial charge in [0.05, 0.1) is 0 Å². The summed E-state index contributed by atoms with van der Waals surface area (Å²) in [6.07, 6.45) is 0. The SMILES string of the molecule is Cc1ccc(Oc2cccc(C(C)(C)C)c2)c(CN)c1. The van der Waals surface area contributed by atoms with Crippen LogP contribution in [0.25, 0.3) is 0 Å². The number of aryl methyl sites for hydroxylation is 1. The Morgan fingerprint density at radius 1 is 1.05 bits per heavy atom. The molecule has 0 atom stereocenters. The highest BCUT2D eigenvalue weighted by molar-refractivity contribution is 5.41. The summed E-state index contributed by atoms with van der Waals surface area (Å²) >= 11 is 0. The van der Waals surface area contributed by atoms with Crippen LogP contribution in [0.3, 0.4) is 0 Å². The normalized spacial score (nSPS) is 11.4. The summed E-state index contributed by atoms with van der Waals surface area (Å²) in [6.45, 7) is 9.13. The highest BCUT2D eigenvalue weighted by atomic mass is 16.5. The van der Waals surface area contributed by atoms with E-state index in [0.717, 1.165) is 17.1 Å². The zero-order valence-electron chi connectivity index (χ0n) is 12.7. The standard InChI is InChI=1S/C18H23NO/c1-13-8-9-17(14(10-13)12-19)20-16-7-5-6-15(11-16)18(2,3)4/h5-11H,12,19H2,1-4H3. The fourth-order valence-corrected chi connectivity index (χ4v) is 2.12. The molecule has 0 amide bonds. The van der Waals surface area contributed by atoms with Crippen molar-refractivity contribution in [3.63, 3.8) is 0 Å². The van der Waals surface area contributed by atoms with Gasteiger partial charge in [-0.2, -0.15) is 0 Å². The molecule has 2 N–H and O–H groups in total. The van der Waals surface area contributed by atoms with Gasteiger partial charge in [-0.05, 0) is 36.1 Å². The maximum atomic E-state index is 6.01. The maximum absolute atomic E-state index is 6.01. The molecule has 0 fully saturated rings. The number of hydrogen-bond donors (Lipinski definition) is 1. The summed E-state index contributed by atoms with van der Waals surface area (Å²) < 4.78 is 6.01. The van der Waals surface area contributed by atoms with E-state index in [9.17, 15) is 0 Å². The molecule has 106 valence electrons. The molecule has 0 saturated heterocycles. The van der Waals surface area contributed by atoms with Crippen LogP contribution in [0, 0.1) is 6.92 Å². The summed E-state index contributed by atoms with van der Waals surface area (Å²) in [5.41, 5.74) is 9.40. The fraction of sp³-hybridized carbons (Fsp3) is 0.333. The van der Waals surface area contributed by atoms with E-state index < -0.39 is 0 Å². The first kappa shape index (κ1) is 14.6. The molecule has 0 radical (unpaired) electrons. The Morgan fingerprint density at radius 2 is 1.80 bits per heavy atom. The molecule has 2 aromatic carbocycles. The largest absolute Gasteiger partial charge is 0.457 e. The van der Waals surface area contributed by atoms with Crippen molar-refractivity contribution in [2.45, 2.75) is 39.7 Å². The van der Waals surface area contributed by atoms with E-state index in [-0.39, 0.29) is 5.41 Å². The monoisotopic (exact) mass is 269 g/mol. The molecule has 2 nitrogen and oxygen atoms in total. The maximum Gasteiger partial charge on any atom is 0.131 e. The summed E-state index contributed by atoms with van der Waals surface area (Å²) in [6, 6.07) is 14.3. The number of rotatable bonds is 3. The van der Waals surface area contributed by atoms with Gasteiger partial charge in [-0.25, -0.2) is 0 Å². The summed E-state index contributed by atoms with van der Waals surface area (Å²) in [5, 5.41) is 0. The lowest BCUT2D eigenvalue weighted by molar-refractivity contribution is 0.472. The van der Waals surface area contributed by atoms with E-state index in [1.54, 1.807) is 0 Å². The summed E-state index contributed by atoms with van der Waals surface area (Å²) in [7, 11) is 0. The van der Waals surface area contributed by atoms with Crippen molar-refractivity contribution in [3.05, 3.63) is 59.2 Å². The van der Waals surface area contributed by atoms with Gasteiger partial charge in [0.15, 0.2) is 0 Å². The predicted octanol–water partition coefficient (Wildman–Crippen LogP) is 4.54. The molecular weight excluding hydrogens is 246 g/mol. The number of hydrogen-bond acceptors (Lipinski definition) is 2. The Morgan fingerprint density at radius 3 is 2.45 bits per heavy atom. The minimum atomic E-state index is 0.114. The molecule has 0 aliphatic heterocycles. The van der Waals surface area contributed by atoms with Crippen LogP contribution in [0.15, 0.2) is 42.5 Å². The summed E-state index contributed by atoms with van der Waals surface area (Å²) in [4.78, 5) is 0. The number of benzene rings is 2. The molecule has 0 unspecified atom stereocenters. The van der Waals surface area contributed by atoms with E-state index in [1.807, 2.05) is 24.3 Å². The first-order valence-electron chi connectivity index (χ1n) is 6.98. The van der Waals surface area contributed by atoms with E-state index in [2.05, 4.69) is 45.9 Å². The van der Waals surface area contributed by atoms with E-state index >= 15 is 0 Å². The lowest BCUT2D eigenvalue weighted by atomic mass is 9.87. The van der Waals surface area contributed by atoms with Crippen molar-refractivity contribution in [2.24, 2.45) is 5.73 Å². The van der Waals surface area contributed by atoms with Crippen molar-refractivity contribution in [1.29, 1.82) is 0 Å². The molecule has 0 saturated carbocycles. The van der Waals surface area contributed by atoms with Crippen LogP contribution in [0.5, 0.6) is 11.5 Å². The third kappa shape index (κ3) is 3.40. The molecule has 0 bridgehead atoms. The Bertz CT molecular complexity index is 597. The zero-order valence-corrected chi connectivity index (χ0v) is 12.7. The molecule has 2 aromatic rings. The minimum Gasteiger partial charge on any atom is -0.457 e. The fourth-order valence-electron chi connectivity index (χ4n) is 2.12.